The van der Waals surface area contributed by atoms with Crippen LogP contribution < -0.4 is 5.32 Å². The Morgan fingerprint density at radius 1 is 0.228 bits per heavy atom. The number of benzene rings is 4. The fourth-order valence-corrected chi connectivity index (χ4v) is 13.6. The van der Waals surface area contributed by atoms with Crippen LogP contribution in [0.25, 0.3) is 0 Å². The van der Waals surface area contributed by atoms with E-state index in [9.17, 15) is 0 Å². The van der Waals surface area contributed by atoms with Gasteiger partial charge in [-0.3, -0.25) is 14.7 Å². The van der Waals surface area contributed by atoms with Gasteiger partial charge in [-0.1, -0.05) is 180 Å². The first-order chi connectivity index (χ1) is 65.8. The summed E-state index contributed by atoms with van der Waals surface area (Å²) in [7, 11) is 0. The third-order valence-electron chi connectivity index (χ3n) is 22.0. The number of rotatable bonds is 12. The molecule has 0 amide bonds. The summed E-state index contributed by atoms with van der Waals surface area (Å²) in [6.07, 6.45) is -0.283. The van der Waals surface area contributed by atoms with Gasteiger partial charge in [0, 0.05) is 71.0 Å². The van der Waals surface area contributed by atoms with Crippen LogP contribution in [0.2, 0.25) is 0 Å². The molecule has 4 aromatic carbocycles. The molecule has 0 aromatic heterocycles. The lowest BCUT2D eigenvalue weighted by Crippen LogP contribution is -2.45. The molecule has 2 atom stereocenters. The van der Waals surface area contributed by atoms with Crippen LogP contribution in [0.1, 0.15) is 148 Å². The lowest BCUT2D eigenvalue weighted by Gasteiger charge is -2.35. The van der Waals surface area contributed by atoms with E-state index in [1.165, 1.54) is 33.4 Å². The molecule has 2 unspecified atom stereocenters. The van der Waals surface area contributed by atoms with Gasteiger partial charge in [0.2, 0.25) is 0 Å². The van der Waals surface area contributed by atoms with E-state index in [-0.39, 0.29) is 39.4 Å². The molecule has 1 N–H and O–H groups in total. The molecular formula is C106H184N4O26. The molecule has 0 bridgehead atoms. The van der Waals surface area contributed by atoms with Crippen molar-refractivity contribution >= 4 is 0 Å². The van der Waals surface area contributed by atoms with Crippen molar-refractivity contribution < 1.29 is 123 Å². The summed E-state index contributed by atoms with van der Waals surface area (Å²) >= 11 is 0. The lowest BCUT2D eigenvalue weighted by atomic mass is 9.87. The first-order valence-corrected chi connectivity index (χ1v) is 50.2. The number of hydrogen-bond acceptors (Lipinski definition) is 30. The summed E-state index contributed by atoms with van der Waals surface area (Å²) in [5, 5.41) is 3.27. The van der Waals surface area contributed by atoms with Gasteiger partial charge in [0.25, 0.3) is 0 Å². The minimum absolute atomic E-state index is 0.117. The van der Waals surface area contributed by atoms with Gasteiger partial charge in [-0.2, -0.15) is 0 Å². The van der Waals surface area contributed by atoms with Crippen LogP contribution in [-0.2, 0) is 171 Å². The summed E-state index contributed by atoms with van der Waals surface area (Å²) in [4.78, 5) is 7.15. The Balaban J connectivity index is 0.000000301. The molecule has 5 aliphatic rings. The molecular weight excluding hydrogens is 1750 g/mol. The zero-order chi connectivity index (χ0) is 97.8. The van der Waals surface area contributed by atoms with Gasteiger partial charge >= 0.3 is 0 Å². The monoisotopic (exact) mass is 1930 g/mol. The molecule has 0 saturated carbocycles. The van der Waals surface area contributed by atoms with Crippen LogP contribution in [0.15, 0.2) is 97.1 Å². The van der Waals surface area contributed by atoms with Crippen LogP contribution in [0, 0.1) is 0 Å². The molecule has 136 heavy (non-hydrogen) atoms. The molecule has 30 heteroatoms. The standard InChI is InChI=1S/C24H40O7.C23H39NO5.C22H36O6.C21H35NO4.C16H34N2O4/c1-24(2,3)22-6-4-21(5-7-22)18-30-20-23-19-29-15-14-27-11-10-25-8-9-26-12-13-28-16-17-31-23;1-23(2,3)22-6-4-21(5-7-22)20-24-8-10-25-12-14-27-16-18-29-19-17-28-15-13-26-11-9-24;1-22(2,3)20-6-4-19(5-7-20)16-27-18-21-17-26-13-12-24-9-8-23-10-11-25-14-15-28-21;1-21(2,3)20-6-4-19(5-7-20)18-22-8-10-23-12-14-25-16-17-26-15-13-24-11-9-22;1-16(2,3)18-6-10-21-14-12-19-8-4-17-5-9-20-13-15-22-11-7-18/h4-7,23H,8-20H2,1-3H3;4-7H,8-20H2,1-3H3;4-7,21H,8-18H2,1-3H3;4-7H,8-18H2,1-3H3;17H,4-15H2,1-3H3. The minimum atomic E-state index is -0.157. The second-order valence-corrected chi connectivity index (χ2v) is 38.7. The normalized spacial score (nSPS) is 21.5. The molecule has 5 heterocycles. The van der Waals surface area contributed by atoms with Crippen molar-refractivity contribution in [1.29, 1.82) is 0 Å². The maximum atomic E-state index is 5.91. The summed E-state index contributed by atoms with van der Waals surface area (Å²) in [5.74, 6) is 0. The molecule has 784 valence electrons. The predicted molar refractivity (Wildman–Crippen MR) is 532 cm³/mol. The Kier molecular flexibility index (Phi) is 70.2. The Bertz CT molecular complexity index is 3260. The first kappa shape index (κ1) is 122. The van der Waals surface area contributed by atoms with Gasteiger partial charge in [0.15, 0.2) is 0 Å². The van der Waals surface area contributed by atoms with Gasteiger partial charge in [-0.25, -0.2) is 0 Å². The van der Waals surface area contributed by atoms with E-state index in [4.69, 9.17) is 123 Å². The van der Waals surface area contributed by atoms with Crippen molar-refractivity contribution in [2.75, 3.05) is 369 Å². The molecule has 0 spiro atoms. The Morgan fingerprint density at radius 3 is 0.640 bits per heavy atom. The van der Waals surface area contributed by atoms with Crippen molar-refractivity contribution in [2.24, 2.45) is 0 Å². The van der Waals surface area contributed by atoms with Crippen LogP contribution in [-0.4, -0.2) is 402 Å². The van der Waals surface area contributed by atoms with Gasteiger partial charge < -0.3 is 128 Å². The molecule has 5 saturated heterocycles. The van der Waals surface area contributed by atoms with Gasteiger partial charge in [0.1, 0.15) is 12.2 Å². The SMILES string of the molecule is CC(C)(C)N1CCOCCOCCNCCOCCOCC1.CC(C)(C)c1ccc(CN2CCOCCOCCOCCOCC2)cc1.CC(C)(C)c1ccc(CN2CCOCCOCCOCCOCCOCC2)cc1.CC(C)(C)c1ccc(COCC2COCCOCCOCCOCCO2)cc1.CC(C)(C)c1ccc(COCC2COCCOCCOCCOCCOCCO2)cc1. The molecule has 5 aliphatic heterocycles. The molecule has 30 nitrogen and oxygen atoms in total. The van der Waals surface area contributed by atoms with E-state index in [0.717, 1.165) is 89.8 Å². The largest absolute Gasteiger partial charge is 0.378 e. The molecule has 5 fully saturated rings. The third kappa shape index (κ3) is 66.5. The van der Waals surface area contributed by atoms with Gasteiger partial charge in [-0.15, -0.1) is 0 Å². The zero-order valence-corrected chi connectivity index (χ0v) is 86.8. The van der Waals surface area contributed by atoms with Crippen LogP contribution in [0.4, 0.5) is 0 Å². The number of nitrogens with one attached hydrogen (secondary N) is 1. The van der Waals surface area contributed by atoms with Crippen molar-refractivity contribution in [2.45, 2.75) is 170 Å². The van der Waals surface area contributed by atoms with E-state index < -0.39 is 0 Å². The third-order valence-corrected chi connectivity index (χ3v) is 22.0. The van der Waals surface area contributed by atoms with Gasteiger partial charge in [-0.05, 0) is 86.9 Å². The number of ether oxygens (including phenoxy) is 26. The topological polar surface area (TPSA) is 262 Å². The van der Waals surface area contributed by atoms with E-state index >= 15 is 0 Å². The molecule has 0 radical (unpaired) electrons. The summed E-state index contributed by atoms with van der Waals surface area (Å²) in [5.41, 5.74) is 11.1. The highest BCUT2D eigenvalue weighted by Crippen LogP contribution is 2.27. The highest BCUT2D eigenvalue weighted by Gasteiger charge is 2.23. The summed E-state index contributed by atoms with van der Waals surface area (Å²) in [6.45, 7) is 71.6. The lowest BCUT2D eigenvalue weighted by molar-refractivity contribution is -0.0865. The van der Waals surface area contributed by atoms with E-state index in [1.807, 2.05) is 0 Å². The fourth-order valence-electron chi connectivity index (χ4n) is 13.6. The van der Waals surface area contributed by atoms with E-state index in [2.05, 4.69) is 221 Å². The number of nitrogens with zero attached hydrogens (tertiary/aromatic N) is 3. The average molecular weight is 1930 g/mol. The quantitative estimate of drug-likeness (QED) is 0.138. The maximum absolute atomic E-state index is 5.91. The minimum Gasteiger partial charge on any atom is -0.378 e. The fraction of sp³-hybridized carbons (Fsp3) is 0.774. The predicted octanol–water partition coefficient (Wildman–Crippen LogP) is 12.5. The van der Waals surface area contributed by atoms with E-state index in [0.29, 0.717) is 317 Å². The molecule has 0 aliphatic carbocycles. The van der Waals surface area contributed by atoms with Crippen molar-refractivity contribution in [3.05, 3.63) is 142 Å². The second-order valence-electron chi connectivity index (χ2n) is 38.7. The Labute approximate surface area is 819 Å². The van der Waals surface area contributed by atoms with Crippen molar-refractivity contribution in [3.8, 4) is 0 Å². The highest BCUT2D eigenvalue weighted by molar-refractivity contribution is 5.30. The summed E-state index contributed by atoms with van der Waals surface area (Å²) in [6, 6.07) is 35.1. The second kappa shape index (κ2) is 78.2. The Hall–Kier alpha value is -4.32. The van der Waals surface area contributed by atoms with Gasteiger partial charge in [0.05, 0.1) is 330 Å². The highest BCUT2D eigenvalue weighted by atomic mass is 16.6. The molecule has 4 aromatic rings. The number of hydrogen-bond donors (Lipinski definition) is 1. The maximum Gasteiger partial charge on any atom is 0.104 e. The molecule has 9 rings (SSSR count). The van der Waals surface area contributed by atoms with Crippen LogP contribution in [0.5, 0.6) is 0 Å². The van der Waals surface area contributed by atoms with Crippen molar-refractivity contribution in [3.63, 3.8) is 0 Å². The van der Waals surface area contributed by atoms with E-state index in [1.54, 1.807) is 0 Å². The van der Waals surface area contributed by atoms with Crippen LogP contribution in [0.3, 0.4) is 0 Å². The Morgan fingerprint density at radius 2 is 0.419 bits per heavy atom. The summed E-state index contributed by atoms with van der Waals surface area (Å²) < 4.78 is 146. The first-order valence-electron chi connectivity index (χ1n) is 50.2. The zero-order valence-electron chi connectivity index (χ0n) is 86.8. The van der Waals surface area contributed by atoms with Crippen LogP contribution >= 0.6 is 0 Å². The van der Waals surface area contributed by atoms with Crippen molar-refractivity contribution in [1.82, 2.24) is 20.0 Å². The smallest absolute Gasteiger partial charge is 0.104 e. The average Bonchev–Trinajstić information content (AvgIpc) is 0.908.